The summed E-state index contributed by atoms with van der Waals surface area (Å²) >= 11 is 5.87. The van der Waals surface area contributed by atoms with Crippen LogP contribution >= 0.6 is 11.6 Å². The highest BCUT2D eigenvalue weighted by atomic mass is 35.5. The van der Waals surface area contributed by atoms with E-state index in [1.165, 1.54) is 38.1 Å². The fraction of sp³-hybridized carbons (Fsp3) is 0.452. The average molecular weight is 637 g/mol. The van der Waals surface area contributed by atoms with E-state index in [2.05, 4.69) is 10.6 Å². The molecule has 1 unspecified atom stereocenters. The zero-order valence-corrected chi connectivity index (χ0v) is 25.6. The Balaban J connectivity index is 1.72. The molecule has 44 heavy (non-hydrogen) atoms. The summed E-state index contributed by atoms with van der Waals surface area (Å²) in [7, 11) is 0. The van der Waals surface area contributed by atoms with Gasteiger partial charge in [0, 0.05) is 29.2 Å². The third kappa shape index (κ3) is 7.65. The highest BCUT2D eigenvalue weighted by Crippen LogP contribution is 2.32. The van der Waals surface area contributed by atoms with Crippen molar-refractivity contribution in [2.24, 2.45) is 17.6 Å². The average Bonchev–Trinajstić information content (AvgIpc) is 3.47. The van der Waals surface area contributed by atoms with Crippen LogP contribution < -0.4 is 16.4 Å². The molecule has 3 atom stereocenters. The van der Waals surface area contributed by atoms with Crippen LogP contribution in [0.4, 0.5) is 13.2 Å². The van der Waals surface area contributed by atoms with Gasteiger partial charge in [0.1, 0.15) is 11.6 Å². The molecule has 2 aromatic rings. The Hall–Kier alpha value is -3.77. The van der Waals surface area contributed by atoms with Gasteiger partial charge in [-0.2, -0.15) is 13.2 Å². The van der Waals surface area contributed by atoms with Crippen LogP contribution in [0.1, 0.15) is 66.8 Å². The van der Waals surface area contributed by atoms with Crippen molar-refractivity contribution < 1.29 is 37.1 Å². The van der Waals surface area contributed by atoms with Crippen LogP contribution in [0.15, 0.2) is 48.5 Å². The summed E-state index contributed by atoms with van der Waals surface area (Å²) in [4.78, 5) is 66.1. The molecule has 238 valence electrons. The van der Waals surface area contributed by atoms with E-state index in [0.717, 1.165) is 10.5 Å². The minimum absolute atomic E-state index is 0.0295. The highest BCUT2D eigenvalue weighted by molar-refractivity contribution is 6.30. The molecule has 0 spiro atoms. The smallest absolute Gasteiger partial charge is 0.348 e. The van der Waals surface area contributed by atoms with Crippen LogP contribution in [0.25, 0.3) is 0 Å². The minimum atomic E-state index is -5.34. The van der Waals surface area contributed by atoms with Crippen molar-refractivity contribution >= 4 is 40.9 Å². The summed E-state index contributed by atoms with van der Waals surface area (Å²) in [5.74, 6) is -6.87. The summed E-state index contributed by atoms with van der Waals surface area (Å²) in [5.41, 5.74) is 4.31. The van der Waals surface area contributed by atoms with E-state index in [1.807, 2.05) is 0 Å². The third-order valence-corrected chi connectivity index (χ3v) is 8.04. The molecule has 1 heterocycles. The number of carbonyl (C=O) groups is 5. The Labute approximate surface area is 258 Å². The summed E-state index contributed by atoms with van der Waals surface area (Å²) in [6, 6.07) is 10.2. The number of hydrogen-bond acceptors (Lipinski definition) is 6. The zero-order valence-electron chi connectivity index (χ0n) is 24.8. The number of ketones is 2. The Bertz CT molecular complexity index is 1400. The Kier molecular flexibility index (Phi) is 11.0. The summed E-state index contributed by atoms with van der Waals surface area (Å²) < 4.78 is 40.2. The number of alkyl halides is 3. The van der Waals surface area contributed by atoms with Gasteiger partial charge in [-0.05, 0) is 66.6 Å². The Morgan fingerprint density at radius 1 is 0.932 bits per heavy atom. The quantitative estimate of drug-likeness (QED) is 0.318. The van der Waals surface area contributed by atoms with Crippen molar-refractivity contribution in [2.75, 3.05) is 6.54 Å². The number of carbonyl (C=O) groups excluding carboxylic acids is 5. The van der Waals surface area contributed by atoms with Gasteiger partial charge < -0.3 is 21.3 Å². The summed E-state index contributed by atoms with van der Waals surface area (Å²) in [6.45, 7) is 6.13. The maximum atomic E-state index is 13.6. The molecule has 1 saturated heterocycles. The first-order valence-electron chi connectivity index (χ1n) is 14.2. The topological polar surface area (TPSA) is 139 Å². The molecule has 3 amide bonds. The normalized spacial score (nSPS) is 17.2. The molecule has 1 aliphatic heterocycles. The number of nitrogens with two attached hydrogens (primary N) is 1. The van der Waals surface area contributed by atoms with Crippen LogP contribution in [0.5, 0.6) is 0 Å². The largest absolute Gasteiger partial charge is 0.452 e. The van der Waals surface area contributed by atoms with Gasteiger partial charge in [0.2, 0.25) is 5.91 Å². The molecule has 0 aromatic heterocycles. The molecule has 4 N–H and O–H groups in total. The second-order valence-corrected chi connectivity index (χ2v) is 11.9. The van der Waals surface area contributed by atoms with Gasteiger partial charge in [0.25, 0.3) is 17.6 Å². The van der Waals surface area contributed by atoms with Crippen LogP contribution in [0, 0.1) is 11.8 Å². The van der Waals surface area contributed by atoms with Crippen molar-refractivity contribution in [1.29, 1.82) is 0 Å². The zero-order chi connectivity index (χ0) is 33.0. The number of benzene rings is 2. The third-order valence-electron chi connectivity index (χ3n) is 7.79. The molecule has 0 bridgehead atoms. The Morgan fingerprint density at radius 3 is 1.98 bits per heavy atom. The van der Waals surface area contributed by atoms with Crippen molar-refractivity contribution in [3.8, 4) is 0 Å². The standard InChI is InChI=1S/C31H36ClF3N4O5/c1-17(2)24(28(43)39-15-5-6-23(39)25(40)30(36,18(3)4)29(44)31(33,34)35)38-27(42)21-11-9-20(10-12-21)26(41)37-16-19-7-13-22(32)14-8-19/h7-14,17-18,23-24H,5-6,15-16,36H2,1-4H3,(H,37,41)(H,38,42)/t23-,24-,30?/m0/s1. The van der Waals surface area contributed by atoms with Gasteiger partial charge in [-0.3, -0.25) is 24.0 Å². The second kappa shape index (κ2) is 13.9. The van der Waals surface area contributed by atoms with Crippen LogP contribution in [-0.2, 0) is 20.9 Å². The van der Waals surface area contributed by atoms with E-state index in [9.17, 15) is 37.1 Å². The monoisotopic (exact) mass is 636 g/mol. The van der Waals surface area contributed by atoms with Gasteiger partial charge in [-0.25, -0.2) is 0 Å². The number of hydrogen-bond donors (Lipinski definition) is 3. The van der Waals surface area contributed by atoms with Crippen LogP contribution in [-0.4, -0.2) is 64.5 Å². The van der Waals surface area contributed by atoms with E-state index in [0.29, 0.717) is 17.0 Å². The maximum absolute atomic E-state index is 13.6. The number of nitrogens with one attached hydrogen (secondary N) is 2. The number of amides is 3. The molecule has 13 heteroatoms. The molecule has 1 fully saturated rings. The molecule has 0 aliphatic carbocycles. The lowest BCUT2D eigenvalue weighted by atomic mass is 9.76. The SMILES string of the molecule is CC(C)[C@H](NC(=O)c1ccc(C(=O)NCc2ccc(Cl)cc2)cc1)C(=O)N1CCC[C@H]1C(=O)C(N)(C(=O)C(F)(F)F)C(C)C. The number of Topliss-reactive ketones (excluding diaryl/α,β-unsaturated/α-hetero) is 2. The lowest BCUT2D eigenvalue weighted by Crippen LogP contribution is -2.67. The van der Waals surface area contributed by atoms with Gasteiger partial charge in [-0.15, -0.1) is 0 Å². The van der Waals surface area contributed by atoms with Crippen molar-refractivity contribution in [3.63, 3.8) is 0 Å². The van der Waals surface area contributed by atoms with E-state index in [1.54, 1.807) is 38.1 Å². The van der Waals surface area contributed by atoms with Gasteiger partial charge in [0.15, 0.2) is 5.78 Å². The van der Waals surface area contributed by atoms with E-state index >= 15 is 0 Å². The molecule has 9 nitrogen and oxygen atoms in total. The lowest BCUT2D eigenvalue weighted by molar-refractivity contribution is -0.180. The Morgan fingerprint density at radius 2 is 1.48 bits per heavy atom. The van der Waals surface area contributed by atoms with Crippen LogP contribution in [0.3, 0.4) is 0 Å². The maximum Gasteiger partial charge on any atom is 0.452 e. The number of likely N-dealkylation sites (tertiary alicyclic amines) is 1. The molecule has 1 aliphatic rings. The predicted molar refractivity (Wildman–Crippen MR) is 158 cm³/mol. The molecular formula is C31H36ClF3N4O5. The number of nitrogens with zero attached hydrogens (tertiary/aromatic N) is 1. The van der Waals surface area contributed by atoms with Gasteiger partial charge >= 0.3 is 6.18 Å². The fourth-order valence-electron chi connectivity index (χ4n) is 5.05. The van der Waals surface area contributed by atoms with Gasteiger partial charge in [0.05, 0.1) is 6.04 Å². The minimum Gasteiger partial charge on any atom is -0.348 e. The van der Waals surface area contributed by atoms with Crippen molar-refractivity contribution in [2.45, 2.75) is 70.9 Å². The molecular weight excluding hydrogens is 601 g/mol. The first-order chi connectivity index (χ1) is 20.5. The lowest BCUT2D eigenvalue weighted by Gasteiger charge is -2.37. The summed E-state index contributed by atoms with van der Waals surface area (Å²) in [6.07, 6.45) is -5.01. The first-order valence-corrected chi connectivity index (χ1v) is 14.5. The molecule has 3 rings (SSSR count). The van der Waals surface area contributed by atoms with Crippen molar-refractivity contribution in [3.05, 3.63) is 70.2 Å². The number of rotatable bonds is 11. The van der Waals surface area contributed by atoms with Crippen LogP contribution in [0.2, 0.25) is 5.02 Å². The van der Waals surface area contributed by atoms with E-state index in [4.69, 9.17) is 17.3 Å². The highest BCUT2D eigenvalue weighted by Gasteiger charge is 2.59. The molecule has 2 aromatic carbocycles. The van der Waals surface area contributed by atoms with E-state index < -0.39 is 59.0 Å². The fourth-order valence-corrected chi connectivity index (χ4v) is 5.17. The van der Waals surface area contributed by atoms with E-state index in [-0.39, 0.29) is 31.0 Å². The molecule has 0 radical (unpaired) electrons. The van der Waals surface area contributed by atoms with Crippen molar-refractivity contribution in [1.82, 2.24) is 15.5 Å². The second-order valence-electron chi connectivity index (χ2n) is 11.5. The first kappa shape index (κ1) is 34.7. The van der Waals surface area contributed by atoms with Gasteiger partial charge in [-0.1, -0.05) is 51.4 Å². The summed E-state index contributed by atoms with van der Waals surface area (Å²) in [5, 5.41) is 5.99. The molecule has 0 saturated carbocycles. The predicted octanol–water partition coefficient (Wildman–Crippen LogP) is 4.07. The number of halogens is 4.